The minimum absolute atomic E-state index is 0.112. The van der Waals surface area contributed by atoms with Gasteiger partial charge in [-0.2, -0.15) is 0 Å². The van der Waals surface area contributed by atoms with Gasteiger partial charge in [0.25, 0.3) is 5.91 Å². The van der Waals surface area contributed by atoms with Crippen LogP contribution in [0.4, 0.5) is 0 Å². The Kier molecular flexibility index (Phi) is 5.60. The highest BCUT2D eigenvalue weighted by atomic mass is 79.9. The minimum atomic E-state index is -0.193. The fourth-order valence-electron chi connectivity index (χ4n) is 0.974. The van der Waals surface area contributed by atoms with E-state index in [0.29, 0.717) is 18.7 Å². The number of alkyl halides is 1. The first-order valence-electron chi connectivity index (χ1n) is 4.28. The molecule has 1 N–H and O–H groups in total. The maximum Gasteiger partial charge on any atom is 0.252 e. The molecule has 6 heteroatoms. The molecule has 0 bridgehead atoms. The van der Waals surface area contributed by atoms with Crippen molar-refractivity contribution in [3.8, 4) is 0 Å². The Hall–Kier alpha value is -0.100. The highest BCUT2D eigenvalue weighted by Crippen LogP contribution is 2.20. The van der Waals surface area contributed by atoms with E-state index < -0.39 is 0 Å². The highest BCUT2D eigenvalue weighted by molar-refractivity contribution is 9.11. The SMILES string of the molecule is COCC(Cl)CNC(=O)c1csc(Br)c1. The average Bonchev–Trinajstić information content (AvgIpc) is 2.62. The van der Waals surface area contributed by atoms with Gasteiger partial charge in [0.1, 0.15) is 0 Å². The predicted octanol–water partition coefficient (Wildman–Crippen LogP) is 2.49. The van der Waals surface area contributed by atoms with Crippen molar-refractivity contribution >= 4 is 44.8 Å². The maximum absolute atomic E-state index is 11.5. The predicted molar refractivity (Wildman–Crippen MR) is 65.9 cm³/mol. The van der Waals surface area contributed by atoms with Crippen LogP contribution in [0, 0.1) is 0 Å². The number of thiophene rings is 1. The van der Waals surface area contributed by atoms with Gasteiger partial charge in [-0.15, -0.1) is 22.9 Å². The van der Waals surface area contributed by atoms with Gasteiger partial charge in [0.2, 0.25) is 0 Å². The van der Waals surface area contributed by atoms with Crippen LogP contribution in [-0.4, -0.2) is 31.5 Å². The molecule has 0 aliphatic carbocycles. The van der Waals surface area contributed by atoms with Crippen molar-refractivity contribution < 1.29 is 9.53 Å². The highest BCUT2D eigenvalue weighted by Gasteiger charge is 2.10. The first-order valence-corrected chi connectivity index (χ1v) is 6.39. The third kappa shape index (κ3) is 4.51. The molecule has 0 radical (unpaired) electrons. The Bertz CT molecular complexity index is 332. The second kappa shape index (κ2) is 6.48. The third-order valence-corrected chi connectivity index (χ3v) is 3.45. The molecule has 1 unspecified atom stereocenters. The smallest absolute Gasteiger partial charge is 0.252 e. The molecule has 15 heavy (non-hydrogen) atoms. The number of carbonyl (C=O) groups is 1. The van der Waals surface area contributed by atoms with Crippen molar-refractivity contribution in [3.05, 3.63) is 20.8 Å². The summed E-state index contributed by atoms with van der Waals surface area (Å²) in [7, 11) is 1.58. The number of carbonyl (C=O) groups excluding carboxylic acids is 1. The molecule has 0 saturated heterocycles. The quantitative estimate of drug-likeness (QED) is 0.848. The van der Waals surface area contributed by atoms with Crippen LogP contribution in [0.5, 0.6) is 0 Å². The summed E-state index contributed by atoms with van der Waals surface area (Å²) in [5.74, 6) is -0.112. The van der Waals surface area contributed by atoms with E-state index in [1.165, 1.54) is 11.3 Å². The molecule has 0 fully saturated rings. The number of hydrogen-bond donors (Lipinski definition) is 1. The molecule has 1 rings (SSSR count). The van der Waals surface area contributed by atoms with Crippen LogP contribution < -0.4 is 5.32 Å². The van der Waals surface area contributed by atoms with Crippen molar-refractivity contribution in [1.82, 2.24) is 5.32 Å². The lowest BCUT2D eigenvalue weighted by Gasteiger charge is -2.08. The number of halogens is 2. The van der Waals surface area contributed by atoms with Gasteiger partial charge in [0, 0.05) is 19.0 Å². The second-order valence-electron chi connectivity index (χ2n) is 2.90. The van der Waals surface area contributed by atoms with Crippen molar-refractivity contribution in [1.29, 1.82) is 0 Å². The summed E-state index contributed by atoms with van der Waals surface area (Å²) in [5, 5.41) is 4.33. The van der Waals surface area contributed by atoms with Crippen molar-refractivity contribution in [3.63, 3.8) is 0 Å². The first kappa shape index (κ1) is 13.0. The lowest BCUT2D eigenvalue weighted by molar-refractivity contribution is 0.0949. The molecule has 0 saturated carbocycles. The minimum Gasteiger partial charge on any atom is -0.383 e. The number of rotatable bonds is 5. The molecule has 1 aromatic heterocycles. The molecule has 0 spiro atoms. The van der Waals surface area contributed by atoms with Crippen LogP contribution in [0.15, 0.2) is 15.2 Å². The summed E-state index contributed by atoms with van der Waals surface area (Å²) in [4.78, 5) is 11.5. The zero-order valence-electron chi connectivity index (χ0n) is 8.13. The summed E-state index contributed by atoms with van der Waals surface area (Å²) in [6, 6.07) is 1.78. The summed E-state index contributed by atoms with van der Waals surface area (Å²) in [5.41, 5.74) is 0.646. The van der Waals surface area contributed by atoms with Crippen LogP contribution >= 0.6 is 38.9 Å². The number of hydrogen-bond acceptors (Lipinski definition) is 3. The zero-order valence-corrected chi connectivity index (χ0v) is 11.3. The number of amides is 1. The van der Waals surface area contributed by atoms with Crippen LogP contribution in [-0.2, 0) is 4.74 Å². The Morgan fingerprint density at radius 2 is 2.53 bits per heavy atom. The standard InChI is InChI=1S/C9H11BrClNO2S/c1-14-4-7(11)3-12-9(13)6-2-8(10)15-5-6/h2,5,7H,3-4H2,1H3,(H,12,13). The molecule has 84 valence electrons. The lowest BCUT2D eigenvalue weighted by Crippen LogP contribution is -2.31. The van der Waals surface area contributed by atoms with Gasteiger partial charge in [-0.3, -0.25) is 4.79 Å². The molecular formula is C9H11BrClNO2S. The van der Waals surface area contributed by atoms with Crippen LogP contribution in [0.2, 0.25) is 0 Å². The fraction of sp³-hybridized carbons (Fsp3) is 0.444. The molecule has 1 aromatic rings. The number of ether oxygens (including phenoxy) is 1. The molecule has 0 aromatic carbocycles. The topological polar surface area (TPSA) is 38.3 Å². The van der Waals surface area contributed by atoms with Gasteiger partial charge in [-0.05, 0) is 22.0 Å². The third-order valence-electron chi connectivity index (χ3n) is 1.66. The molecular weight excluding hydrogens is 302 g/mol. The van der Waals surface area contributed by atoms with Crippen LogP contribution in [0.25, 0.3) is 0 Å². The second-order valence-corrected chi connectivity index (χ2v) is 5.81. The Labute approximate surface area is 106 Å². The fourth-order valence-corrected chi connectivity index (χ4v) is 2.31. The first-order chi connectivity index (χ1) is 7.13. The van der Waals surface area contributed by atoms with E-state index >= 15 is 0 Å². The summed E-state index contributed by atoms with van der Waals surface area (Å²) in [6.07, 6.45) is 0. The largest absolute Gasteiger partial charge is 0.383 e. The van der Waals surface area contributed by atoms with E-state index in [9.17, 15) is 4.79 Å². The van der Waals surface area contributed by atoms with E-state index in [2.05, 4.69) is 21.2 Å². The van der Waals surface area contributed by atoms with Crippen molar-refractivity contribution in [2.45, 2.75) is 5.38 Å². The lowest BCUT2D eigenvalue weighted by atomic mass is 10.3. The Morgan fingerprint density at radius 3 is 3.07 bits per heavy atom. The van der Waals surface area contributed by atoms with Gasteiger partial charge in [-0.1, -0.05) is 0 Å². The number of methoxy groups -OCH3 is 1. The molecule has 1 amide bonds. The van der Waals surface area contributed by atoms with Gasteiger partial charge in [0.15, 0.2) is 0 Å². The zero-order chi connectivity index (χ0) is 11.3. The van der Waals surface area contributed by atoms with Gasteiger partial charge in [-0.25, -0.2) is 0 Å². The molecule has 0 aliphatic heterocycles. The molecule has 1 atom stereocenters. The monoisotopic (exact) mass is 311 g/mol. The normalized spacial score (nSPS) is 12.5. The Morgan fingerprint density at radius 1 is 1.80 bits per heavy atom. The van der Waals surface area contributed by atoms with E-state index in [1.54, 1.807) is 18.6 Å². The van der Waals surface area contributed by atoms with E-state index in [4.69, 9.17) is 16.3 Å². The van der Waals surface area contributed by atoms with E-state index in [1.807, 2.05) is 0 Å². The maximum atomic E-state index is 11.5. The molecule has 3 nitrogen and oxygen atoms in total. The molecule has 1 heterocycles. The summed E-state index contributed by atoms with van der Waals surface area (Å²) >= 11 is 10.6. The Balaban J connectivity index is 2.36. The molecule has 0 aliphatic rings. The van der Waals surface area contributed by atoms with Crippen molar-refractivity contribution in [2.75, 3.05) is 20.3 Å². The summed E-state index contributed by atoms with van der Waals surface area (Å²) in [6.45, 7) is 0.830. The number of nitrogens with one attached hydrogen (secondary N) is 1. The van der Waals surface area contributed by atoms with Crippen molar-refractivity contribution in [2.24, 2.45) is 0 Å². The van der Waals surface area contributed by atoms with Crippen LogP contribution in [0.3, 0.4) is 0 Å². The van der Waals surface area contributed by atoms with Crippen LogP contribution in [0.1, 0.15) is 10.4 Å². The van der Waals surface area contributed by atoms with E-state index in [0.717, 1.165) is 3.79 Å². The van der Waals surface area contributed by atoms with Gasteiger partial charge in [0.05, 0.1) is 21.3 Å². The van der Waals surface area contributed by atoms with Gasteiger partial charge < -0.3 is 10.1 Å². The van der Waals surface area contributed by atoms with E-state index in [-0.39, 0.29) is 11.3 Å². The summed E-state index contributed by atoms with van der Waals surface area (Å²) < 4.78 is 5.79. The van der Waals surface area contributed by atoms with Gasteiger partial charge >= 0.3 is 0 Å². The average molecular weight is 313 g/mol.